The molecule has 7 nitrogen and oxygen atoms in total. The van der Waals surface area contributed by atoms with Gasteiger partial charge in [0, 0.05) is 40.0 Å². The van der Waals surface area contributed by atoms with Crippen molar-refractivity contribution in [2.45, 2.75) is 13.8 Å². The van der Waals surface area contributed by atoms with E-state index in [1.165, 1.54) is 0 Å². The van der Waals surface area contributed by atoms with Gasteiger partial charge in [-0.3, -0.25) is 4.79 Å². The van der Waals surface area contributed by atoms with Crippen molar-refractivity contribution in [2.75, 3.05) is 7.11 Å². The number of hydrogen-bond donors (Lipinski definition) is 1. The molecule has 0 bridgehead atoms. The van der Waals surface area contributed by atoms with Gasteiger partial charge in [-0.1, -0.05) is 18.2 Å². The van der Waals surface area contributed by atoms with Crippen LogP contribution in [0.15, 0.2) is 102 Å². The molecule has 0 aliphatic carbocycles. The smallest absolute Gasteiger partial charge is 0.271 e. The van der Waals surface area contributed by atoms with Crippen LogP contribution in [0, 0.1) is 13.8 Å². The summed E-state index contributed by atoms with van der Waals surface area (Å²) in [6.07, 6.45) is 3.51. The van der Waals surface area contributed by atoms with Crippen molar-refractivity contribution in [3.05, 3.63) is 120 Å². The van der Waals surface area contributed by atoms with E-state index in [1.807, 2.05) is 72.9 Å². The van der Waals surface area contributed by atoms with E-state index < -0.39 is 0 Å². The van der Waals surface area contributed by atoms with Crippen molar-refractivity contribution in [1.82, 2.24) is 19.8 Å². The third kappa shape index (κ3) is 5.06. The Bertz CT molecular complexity index is 1530. The minimum atomic E-state index is -0.287. The summed E-state index contributed by atoms with van der Waals surface area (Å²) in [4.78, 5) is 12.8. The molecule has 0 unspecified atom stereocenters. The molecule has 2 aromatic heterocycles. The van der Waals surface area contributed by atoms with Gasteiger partial charge in [0.2, 0.25) is 0 Å². The number of hydrazone groups is 1. The minimum Gasteiger partial charge on any atom is -0.497 e. The molecule has 37 heavy (non-hydrogen) atoms. The van der Waals surface area contributed by atoms with E-state index in [4.69, 9.17) is 9.84 Å². The Morgan fingerprint density at radius 2 is 1.54 bits per heavy atom. The van der Waals surface area contributed by atoms with Crippen molar-refractivity contribution in [2.24, 2.45) is 5.10 Å². The van der Waals surface area contributed by atoms with E-state index in [0.29, 0.717) is 5.56 Å². The predicted octanol–water partition coefficient (Wildman–Crippen LogP) is 5.72. The number of benzene rings is 3. The topological polar surface area (TPSA) is 73.4 Å². The fourth-order valence-corrected chi connectivity index (χ4v) is 4.23. The summed E-state index contributed by atoms with van der Waals surface area (Å²) in [5.41, 5.74) is 9.80. The van der Waals surface area contributed by atoms with Crippen molar-refractivity contribution >= 4 is 12.1 Å². The molecule has 0 spiro atoms. The van der Waals surface area contributed by atoms with Crippen LogP contribution in [-0.4, -0.2) is 33.6 Å². The summed E-state index contributed by atoms with van der Waals surface area (Å²) in [5.74, 6) is 0.479. The highest BCUT2D eigenvalue weighted by Crippen LogP contribution is 2.25. The Labute approximate surface area is 215 Å². The highest BCUT2D eigenvalue weighted by Gasteiger charge is 2.12. The lowest BCUT2D eigenvalue weighted by atomic mass is 10.1. The number of ether oxygens (including phenoxy) is 1. The number of nitrogens with zero attached hydrogens (tertiary/aromatic N) is 4. The van der Waals surface area contributed by atoms with Crippen molar-refractivity contribution in [1.29, 1.82) is 0 Å². The number of amides is 1. The van der Waals surface area contributed by atoms with Crippen molar-refractivity contribution in [3.8, 4) is 28.4 Å². The van der Waals surface area contributed by atoms with Gasteiger partial charge in [0.25, 0.3) is 5.91 Å². The lowest BCUT2D eigenvalue weighted by Crippen LogP contribution is -2.17. The average molecular weight is 490 g/mol. The second-order valence-corrected chi connectivity index (χ2v) is 8.64. The zero-order chi connectivity index (χ0) is 25.8. The van der Waals surface area contributed by atoms with Crippen LogP contribution in [0.4, 0.5) is 0 Å². The molecule has 1 N–H and O–H groups in total. The fourth-order valence-electron chi connectivity index (χ4n) is 4.23. The lowest BCUT2D eigenvalue weighted by Gasteiger charge is -2.10. The normalized spacial score (nSPS) is 11.1. The zero-order valence-corrected chi connectivity index (χ0v) is 20.9. The molecule has 0 aliphatic heterocycles. The summed E-state index contributed by atoms with van der Waals surface area (Å²) in [5, 5.41) is 9.02. The Kier molecular flexibility index (Phi) is 6.68. The number of aryl methyl sites for hydroxylation is 2. The first-order chi connectivity index (χ1) is 18.0. The number of hydrogen-bond acceptors (Lipinski definition) is 4. The third-order valence-electron chi connectivity index (χ3n) is 6.16. The van der Waals surface area contributed by atoms with E-state index in [-0.39, 0.29) is 5.91 Å². The van der Waals surface area contributed by atoms with Crippen LogP contribution in [0.3, 0.4) is 0 Å². The van der Waals surface area contributed by atoms with Gasteiger partial charge in [-0.2, -0.15) is 10.2 Å². The van der Waals surface area contributed by atoms with E-state index >= 15 is 0 Å². The van der Waals surface area contributed by atoms with Gasteiger partial charge in [0.05, 0.1) is 19.0 Å². The molecule has 1 amide bonds. The van der Waals surface area contributed by atoms with Gasteiger partial charge in [0.15, 0.2) is 0 Å². The number of para-hydroxylation sites is 1. The maximum atomic E-state index is 12.8. The first-order valence-electron chi connectivity index (χ1n) is 11.9. The van der Waals surface area contributed by atoms with Crippen molar-refractivity contribution in [3.63, 3.8) is 0 Å². The van der Waals surface area contributed by atoms with Crippen LogP contribution in [0.1, 0.15) is 27.3 Å². The largest absolute Gasteiger partial charge is 0.497 e. The SMILES string of the molecule is COc1ccc(-c2nn(-c3ccccc3)cc2/C=N/NC(=O)c2ccc(-n3c(C)ccc3C)cc2)cc1. The Morgan fingerprint density at radius 1 is 0.865 bits per heavy atom. The van der Waals surface area contributed by atoms with Gasteiger partial charge < -0.3 is 9.30 Å². The summed E-state index contributed by atoms with van der Waals surface area (Å²) in [7, 11) is 1.63. The summed E-state index contributed by atoms with van der Waals surface area (Å²) < 4.78 is 9.22. The van der Waals surface area contributed by atoms with E-state index in [9.17, 15) is 4.79 Å². The molecular formula is C30H27N5O2. The third-order valence-corrected chi connectivity index (χ3v) is 6.16. The molecule has 7 heteroatoms. The highest BCUT2D eigenvalue weighted by molar-refractivity contribution is 5.95. The fraction of sp³-hybridized carbons (Fsp3) is 0.100. The standard InChI is InChI=1S/C30H27N5O2/c1-21-9-10-22(2)35(21)27-15-11-24(12-16-27)30(36)32-31-19-25-20-34(26-7-5-4-6-8-26)33-29(25)23-13-17-28(37-3)18-14-23/h4-20H,1-3H3,(H,32,36)/b31-19+. The second kappa shape index (κ2) is 10.4. The van der Waals surface area contributed by atoms with Crippen LogP contribution in [-0.2, 0) is 0 Å². The van der Waals surface area contributed by atoms with Crippen LogP contribution in [0.5, 0.6) is 5.75 Å². The monoisotopic (exact) mass is 489 g/mol. The number of carbonyl (C=O) groups is 1. The zero-order valence-electron chi connectivity index (χ0n) is 20.9. The number of aromatic nitrogens is 3. The molecule has 0 saturated heterocycles. The van der Waals surface area contributed by atoms with E-state index in [0.717, 1.165) is 45.3 Å². The molecule has 0 aliphatic rings. The van der Waals surface area contributed by atoms with Crippen LogP contribution in [0.25, 0.3) is 22.6 Å². The molecule has 0 radical (unpaired) electrons. The first kappa shape index (κ1) is 23.8. The van der Waals surface area contributed by atoms with E-state index in [2.05, 4.69) is 41.1 Å². The molecule has 2 heterocycles. The summed E-state index contributed by atoms with van der Waals surface area (Å²) >= 11 is 0. The Hall–Kier alpha value is -4.91. The average Bonchev–Trinajstić information content (AvgIpc) is 3.52. The summed E-state index contributed by atoms with van der Waals surface area (Å²) in [6, 6.07) is 29.1. The van der Waals surface area contributed by atoms with Gasteiger partial charge in [-0.15, -0.1) is 0 Å². The number of rotatable bonds is 7. The molecule has 3 aromatic carbocycles. The molecule has 0 saturated carbocycles. The van der Waals surface area contributed by atoms with Gasteiger partial charge in [-0.05, 0) is 86.6 Å². The molecular weight excluding hydrogens is 462 g/mol. The second-order valence-electron chi connectivity index (χ2n) is 8.64. The summed E-state index contributed by atoms with van der Waals surface area (Å²) in [6.45, 7) is 4.12. The first-order valence-corrected chi connectivity index (χ1v) is 11.9. The van der Waals surface area contributed by atoms with Crippen molar-refractivity contribution < 1.29 is 9.53 Å². The number of nitrogens with one attached hydrogen (secondary N) is 1. The van der Waals surface area contributed by atoms with Gasteiger partial charge >= 0.3 is 0 Å². The molecule has 0 fully saturated rings. The maximum absolute atomic E-state index is 12.8. The van der Waals surface area contributed by atoms with Gasteiger partial charge in [0.1, 0.15) is 11.4 Å². The minimum absolute atomic E-state index is 0.287. The molecule has 184 valence electrons. The van der Waals surface area contributed by atoms with Crippen LogP contribution in [0.2, 0.25) is 0 Å². The molecule has 5 aromatic rings. The Balaban J connectivity index is 1.37. The quantitative estimate of drug-likeness (QED) is 0.235. The Morgan fingerprint density at radius 3 is 2.19 bits per heavy atom. The van der Waals surface area contributed by atoms with Crippen LogP contribution >= 0.6 is 0 Å². The highest BCUT2D eigenvalue weighted by atomic mass is 16.5. The van der Waals surface area contributed by atoms with E-state index in [1.54, 1.807) is 30.1 Å². The molecule has 5 rings (SSSR count). The predicted molar refractivity (Wildman–Crippen MR) is 146 cm³/mol. The number of methoxy groups -OCH3 is 1. The lowest BCUT2D eigenvalue weighted by molar-refractivity contribution is 0.0955. The number of carbonyl (C=O) groups excluding carboxylic acids is 1. The van der Waals surface area contributed by atoms with Crippen LogP contribution < -0.4 is 10.2 Å². The maximum Gasteiger partial charge on any atom is 0.271 e. The van der Waals surface area contributed by atoms with Gasteiger partial charge in [-0.25, -0.2) is 10.1 Å². The molecule has 0 atom stereocenters.